The highest BCUT2D eigenvalue weighted by molar-refractivity contribution is 6.00. The van der Waals surface area contributed by atoms with Crippen molar-refractivity contribution in [3.05, 3.63) is 82.8 Å². The number of rotatable bonds is 2. The maximum atomic E-state index is 13.0. The number of benzene rings is 1. The van der Waals surface area contributed by atoms with E-state index in [0.717, 1.165) is 34.6 Å². The smallest absolute Gasteiger partial charge is 0.162 e. The molecule has 0 saturated carbocycles. The van der Waals surface area contributed by atoms with Gasteiger partial charge in [-0.1, -0.05) is 49.7 Å². The first-order chi connectivity index (χ1) is 12.4. The molecular weight excluding hydrogens is 320 g/mol. The molecule has 0 fully saturated rings. The zero-order valence-electron chi connectivity index (χ0n) is 15.5. The number of ketones is 1. The average Bonchev–Trinajstić information content (AvgIpc) is 2.61. The van der Waals surface area contributed by atoms with Crippen LogP contribution in [-0.4, -0.2) is 10.8 Å². The van der Waals surface area contributed by atoms with Gasteiger partial charge in [-0.25, -0.2) is 0 Å². The lowest BCUT2D eigenvalue weighted by atomic mass is 9.70. The van der Waals surface area contributed by atoms with Crippen LogP contribution < -0.4 is 5.32 Å². The SMILES string of the molecule is Cc1ccc([C@@H]2C=C(c3ccccn3)NC3=C2C(=O)CC(C)(C)C3)cc1. The Labute approximate surface area is 154 Å². The van der Waals surface area contributed by atoms with Gasteiger partial charge >= 0.3 is 0 Å². The third kappa shape index (κ3) is 3.10. The monoisotopic (exact) mass is 344 g/mol. The van der Waals surface area contributed by atoms with Crippen LogP contribution in [0.1, 0.15) is 49.4 Å². The summed E-state index contributed by atoms with van der Waals surface area (Å²) in [7, 11) is 0. The van der Waals surface area contributed by atoms with E-state index < -0.39 is 0 Å². The summed E-state index contributed by atoms with van der Waals surface area (Å²) in [6.45, 7) is 6.41. The van der Waals surface area contributed by atoms with E-state index >= 15 is 0 Å². The van der Waals surface area contributed by atoms with Gasteiger partial charge in [-0.15, -0.1) is 0 Å². The van der Waals surface area contributed by atoms with Crippen molar-refractivity contribution in [3.8, 4) is 0 Å². The van der Waals surface area contributed by atoms with Crippen molar-refractivity contribution in [3.63, 3.8) is 0 Å². The van der Waals surface area contributed by atoms with E-state index in [1.807, 2.05) is 18.2 Å². The second kappa shape index (κ2) is 6.24. The van der Waals surface area contributed by atoms with Crippen LogP contribution in [0.25, 0.3) is 5.70 Å². The van der Waals surface area contributed by atoms with Crippen molar-refractivity contribution in [1.82, 2.24) is 10.3 Å². The molecule has 1 atom stereocenters. The molecule has 132 valence electrons. The van der Waals surface area contributed by atoms with Gasteiger partial charge < -0.3 is 5.32 Å². The second-order valence-electron chi connectivity index (χ2n) is 8.14. The lowest BCUT2D eigenvalue weighted by Crippen LogP contribution is -2.35. The van der Waals surface area contributed by atoms with Gasteiger partial charge in [0.25, 0.3) is 0 Å². The fourth-order valence-electron chi connectivity index (χ4n) is 3.97. The summed E-state index contributed by atoms with van der Waals surface area (Å²) in [4.78, 5) is 17.5. The van der Waals surface area contributed by atoms with Gasteiger partial charge in [0.1, 0.15) is 0 Å². The summed E-state index contributed by atoms with van der Waals surface area (Å²) in [6, 6.07) is 14.4. The minimum atomic E-state index is -0.0209. The Morgan fingerprint density at radius 3 is 2.54 bits per heavy atom. The molecule has 3 heteroatoms. The lowest BCUT2D eigenvalue weighted by molar-refractivity contribution is -0.118. The number of hydrogen-bond donors (Lipinski definition) is 1. The molecule has 0 bridgehead atoms. The Kier molecular flexibility index (Phi) is 4.03. The highest BCUT2D eigenvalue weighted by atomic mass is 16.1. The van der Waals surface area contributed by atoms with Crippen molar-refractivity contribution in [2.45, 2.75) is 39.5 Å². The molecule has 1 N–H and O–H groups in total. The Hall–Kier alpha value is -2.68. The highest BCUT2D eigenvalue weighted by Crippen LogP contribution is 2.44. The minimum Gasteiger partial charge on any atom is -0.357 e. The molecule has 0 saturated heterocycles. The van der Waals surface area contributed by atoms with Crippen LogP contribution >= 0.6 is 0 Å². The predicted molar refractivity (Wildman–Crippen MR) is 104 cm³/mol. The maximum Gasteiger partial charge on any atom is 0.162 e. The number of carbonyl (C=O) groups excluding carboxylic acids is 1. The summed E-state index contributed by atoms with van der Waals surface area (Å²) in [5.74, 6) is 0.234. The number of nitrogens with one attached hydrogen (secondary N) is 1. The van der Waals surface area contributed by atoms with Crippen molar-refractivity contribution in [2.75, 3.05) is 0 Å². The topological polar surface area (TPSA) is 42.0 Å². The summed E-state index contributed by atoms with van der Waals surface area (Å²) in [5, 5.41) is 3.53. The third-order valence-electron chi connectivity index (χ3n) is 5.23. The number of nitrogens with zero attached hydrogens (tertiary/aromatic N) is 1. The van der Waals surface area contributed by atoms with Gasteiger partial charge in [0, 0.05) is 29.8 Å². The van der Waals surface area contributed by atoms with E-state index in [1.54, 1.807) is 6.20 Å². The van der Waals surface area contributed by atoms with Crippen molar-refractivity contribution in [2.24, 2.45) is 5.41 Å². The third-order valence-corrected chi connectivity index (χ3v) is 5.23. The molecule has 1 aliphatic heterocycles. The molecule has 1 aromatic carbocycles. The average molecular weight is 344 g/mol. The van der Waals surface area contributed by atoms with Crippen LogP contribution in [0.15, 0.2) is 66.0 Å². The van der Waals surface area contributed by atoms with Crippen LogP contribution in [0, 0.1) is 12.3 Å². The molecule has 1 aliphatic carbocycles. The molecule has 3 nitrogen and oxygen atoms in total. The van der Waals surface area contributed by atoms with E-state index in [9.17, 15) is 4.79 Å². The fourth-order valence-corrected chi connectivity index (χ4v) is 3.97. The normalized spacial score (nSPS) is 21.7. The van der Waals surface area contributed by atoms with Crippen molar-refractivity contribution >= 4 is 11.5 Å². The van der Waals surface area contributed by atoms with Gasteiger partial charge in [-0.05, 0) is 42.5 Å². The first-order valence-corrected chi connectivity index (χ1v) is 9.16. The van der Waals surface area contributed by atoms with Crippen LogP contribution in [0.5, 0.6) is 0 Å². The van der Waals surface area contributed by atoms with Gasteiger partial charge in [-0.3, -0.25) is 9.78 Å². The van der Waals surface area contributed by atoms with E-state index in [0.29, 0.717) is 6.42 Å². The van der Waals surface area contributed by atoms with E-state index in [2.05, 4.69) is 61.4 Å². The van der Waals surface area contributed by atoms with E-state index in [4.69, 9.17) is 0 Å². The molecule has 2 aromatic rings. The molecule has 0 unspecified atom stereocenters. The minimum absolute atomic E-state index is 0.0205. The Morgan fingerprint density at radius 1 is 1.08 bits per heavy atom. The van der Waals surface area contributed by atoms with Crippen molar-refractivity contribution < 1.29 is 4.79 Å². The molecule has 2 heterocycles. The Bertz CT molecular complexity index is 905. The summed E-state index contributed by atoms with van der Waals surface area (Å²) in [5.41, 5.74) is 6.24. The Morgan fingerprint density at radius 2 is 1.85 bits per heavy atom. The summed E-state index contributed by atoms with van der Waals surface area (Å²) >= 11 is 0. The largest absolute Gasteiger partial charge is 0.357 e. The second-order valence-corrected chi connectivity index (χ2v) is 8.14. The van der Waals surface area contributed by atoms with Gasteiger partial charge in [0.05, 0.1) is 11.4 Å². The maximum absolute atomic E-state index is 13.0. The number of dihydropyridines is 1. The predicted octanol–water partition coefficient (Wildman–Crippen LogP) is 4.76. The number of hydrogen-bond acceptors (Lipinski definition) is 3. The summed E-state index contributed by atoms with van der Waals surface area (Å²) in [6.07, 6.45) is 5.43. The zero-order chi connectivity index (χ0) is 18.3. The molecular formula is C23H24N2O. The van der Waals surface area contributed by atoms with Crippen LogP contribution in [0.4, 0.5) is 0 Å². The molecule has 0 amide bonds. The number of aryl methyl sites for hydroxylation is 1. The van der Waals surface area contributed by atoms with Crippen LogP contribution in [-0.2, 0) is 4.79 Å². The number of pyridine rings is 1. The van der Waals surface area contributed by atoms with E-state index in [-0.39, 0.29) is 17.1 Å². The number of aromatic nitrogens is 1. The number of Topliss-reactive ketones (excluding diaryl/α,β-unsaturated/α-hetero) is 1. The van der Waals surface area contributed by atoms with Gasteiger partial charge in [0.15, 0.2) is 5.78 Å². The van der Waals surface area contributed by atoms with Crippen LogP contribution in [0.2, 0.25) is 0 Å². The zero-order valence-corrected chi connectivity index (χ0v) is 15.5. The van der Waals surface area contributed by atoms with E-state index in [1.165, 1.54) is 5.56 Å². The first-order valence-electron chi connectivity index (χ1n) is 9.16. The molecule has 26 heavy (non-hydrogen) atoms. The molecule has 2 aliphatic rings. The van der Waals surface area contributed by atoms with Crippen molar-refractivity contribution in [1.29, 1.82) is 0 Å². The summed E-state index contributed by atoms with van der Waals surface area (Å²) < 4.78 is 0. The number of carbonyl (C=O) groups is 1. The van der Waals surface area contributed by atoms with Gasteiger partial charge in [-0.2, -0.15) is 0 Å². The van der Waals surface area contributed by atoms with Crippen LogP contribution in [0.3, 0.4) is 0 Å². The Balaban J connectivity index is 1.84. The first kappa shape index (κ1) is 16.8. The fraction of sp³-hybridized carbons (Fsp3) is 0.304. The number of allylic oxidation sites excluding steroid dienone is 3. The lowest BCUT2D eigenvalue weighted by Gasteiger charge is -2.38. The molecule has 0 radical (unpaired) electrons. The quantitative estimate of drug-likeness (QED) is 0.854. The van der Waals surface area contributed by atoms with Gasteiger partial charge in [0.2, 0.25) is 0 Å². The molecule has 0 spiro atoms. The highest BCUT2D eigenvalue weighted by Gasteiger charge is 2.38. The molecule has 1 aromatic heterocycles. The molecule has 4 rings (SSSR count). The standard InChI is InChI=1S/C23H24N2O/c1-15-7-9-16(10-8-15)17-12-19(18-6-4-5-11-24-18)25-20-13-23(2,3)14-21(26)22(17)20/h4-12,17,25H,13-14H2,1-3H3/t17-/m0/s1.